The molecule has 0 saturated carbocycles. The summed E-state index contributed by atoms with van der Waals surface area (Å²) in [5, 5.41) is 3.85. The summed E-state index contributed by atoms with van der Waals surface area (Å²) in [7, 11) is 1.59. The molecule has 8 heteroatoms. The number of rotatable bonds is 6. The van der Waals surface area contributed by atoms with E-state index in [9.17, 15) is 9.59 Å². The molecule has 1 aliphatic carbocycles. The van der Waals surface area contributed by atoms with Crippen molar-refractivity contribution >= 4 is 39.2 Å². The molecule has 0 bridgehead atoms. The van der Waals surface area contributed by atoms with Crippen molar-refractivity contribution in [1.29, 1.82) is 0 Å². The van der Waals surface area contributed by atoms with Crippen LogP contribution < -0.4 is 15.6 Å². The summed E-state index contributed by atoms with van der Waals surface area (Å²) in [6.07, 6.45) is 10.5. The zero-order valence-corrected chi connectivity index (χ0v) is 18.9. The highest BCUT2D eigenvalue weighted by atomic mass is 32.2. The van der Waals surface area contributed by atoms with Gasteiger partial charge >= 0.3 is 0 Å². The summed E-state index contributed by atoms with van der Waals surface area (Å²) in [5.74, 6) is 2.96. The number of carbonyl (C=O) groups excluding carboxylic acids is 1. The molecule has 1 N–H and O–H groups in total. The molecule has 6 nitrogen and oxygen atoms in total. The summed E-state index contributed by atoms with van der Waals surface area (Å²) in [4.78, 5) is 32.7. The van der Waals surface area contributed by atoms with Crippen molar-refractivity contribution in [1.82, 2.24) is 14.9 Å². The molecule has 2 aromatic heterocycles. The topological polar surface area (TPSA) is 73.2 Å². The van der Waals surface area contributed by atoms with Gasteiger partial charge in [-0.2, -0.15) is 0 Å². The highest BCUT2D eigenvalue weighted by Crippen LogP contribution is 2.34. The van der Waals surface area contributed by atoms with Gasteiger partial charge in [-0.25, -0.2) is 4.98 Å². The number of nitrogens with one attached hydrogen (secondary N) is 1. The molecule has 2 heterocycles. The molecule has 4 rings (SSSR count). The predicted molar refractivity (Wildman–Crippen MR) is 126 cm³/mol. The average molecular weight is 454 g/mol. The van der Waals surface area contributed by atoms with Crippen LogP contribution in [0.5, 0.6) is 5.75 Å². The molecule has 0 radical (unpaired) electrons. The zero-order chi connectivity index (χ0) is 21.8. The van der Waals surface area contributed by atoms with Gasteiger partial charge in [0.05, 0.1) is 30.5 Å². The van der Waals surface area contributed by atoms with Gasteiger partial charge in [0, 0.05) is 10.9 Å². The van der Waals surface area contributed by atoms with Crippen molar-refractivity contribution < 1.29 is 9.53 Å². The summed E-state index contributed by atoms with van der Waals surface area (Å²) in [5.41, 5.74) is 1.72. The molecule has 3 aromatic rings. The first-order valence-corrected chi connectivity index (χ1v) is 12.0. The first-order chi connectivity index (χ1) is 15.1. The number of thioether (sulfide) groups is 1. The monoisotopic (exact) mass is 453 g/mol. The lowest BCUT2D eigenvalue weighted by atomic mass is 10.1. The molecule has 0 spiro atoms. The van der Waals surface area contributed by atoms with Crippen LogP contribution in [0.1, 0.15) is 29.7 Å². The second-order valence-corrected chi connectivity index (χ2v) is 9.28. The summed E-state index contributed by atoms with van der Waals surface area (Å²) in [6, 6.07) is 7.33. The van der Waals surface area contributed by atoms with Crippen LogP contribution in [-0.4, -0.2) is 34.9 Å². The Morgan fingerprint density at radius 3 is 3.00 bits per heavy atom. The van der Waals surface area contributed by atoms with Crippen LogP contribution in [0.3, 0.4) is 0 Å². The van der Waals surface area contributed by atoms with E-state index < -0.39 is 0 Å². The molecule has 0 fully saturated rings. The van der Waals surface area contributed by atoms with Gasteiger partial charge in [-0.3, -0.25) is 14.2 Å². The van der Waals surface area contributed by atoms with Gasteiger partial charge in [0.1, 0.15) is 10.6 Å². The molecule has 1 aliphatic rings. The molecule has 0 atom stereocenters. The minimum atomic E-state index is -0.198. The van der Waals surface area contributed by atoms with Crippen LogP contribution in [0.4, 0.5) is 0 Å². The van der Waals surface area contributed by atoms with Crippen LogP contribution in [-0.2, 0) is 17.6 Å². The van der Waals surface area contributed by atoms with Crippen LogP contribution in [0.2, 0.25) is 0 Å². The number of benzene rings is 1. The van der Waals surface area contributed by atoms with E-state index >= 15 is 0 Å². The molecule has 0 aliphatic heterocycles. The number of hydrogen-bond acceptors (Lipinski definition) is 6. The number of aromatic nitrogens is 2. The second-order valence-electron chi connectivity index (χ2n) is 7.25. The maximum absolute atomic E-state index is 13.8. The standard InChI is InChI=1S/C23H23N3O3S2/c1-3-12-24-19(27)14-30-23-25-21-20(17-10-5-4-6-11-18(17)31-21)22(28)26(23)15-8-7-9-16(13-15)29-2/h1,7-9,13H,4-6,10-12,14H2,2H3,(H,24,27). The molecule has 31 heavy (non-hydrogen) atoms. The fourth-order valence-corrected chi connectivity index (χ4v) is 5.91. The summed E-state index contributed by atoms with van der Waals surface area (Å²) >= 11 is 2.84. The van der Waals surface area contributed by atoms with E-state index in [1.165, 1.54) is 23.1 Å². The number of fused-ring (bicyclic) bond motifs is 3. The molecular formula is C23H23N3O3S2. The Morgan fingerprint density at radius 2 is 2.19 bits per heavy atom. The highest BCUT2D eigenvalue weighted by Gasteiger charge is 2.22. The Bertz CT molecular complexity index is 1220. The predicted octanol–water partition coefficient (Wildman–Crippen LogP) is 3.57. The van der Waals surface area contributed by atoms with Crippen molar-refractivity contribution in [3.63, 3.8) is 0 Å². The molecule has 160 valence electrons. The smallest absolute Gasteiger partial charge is 0.267 e. The van der Waals surface area contributed by atoms with E-state index in [-0.39, 0.29) is 23.8 Å². The molecule has 0 saturated heterocycles. The Balaban J connectivity index is 1.85. The fourth-order valence-electron chi connectivity index (χ4n) is 3.77. The molecule has 0 unspecified atom stereocenters. The van der Waals surface area contributed by atoms with Crippen LogP contribution in [0, 0.1) is 12.3 Å². The second kappa shape index (κ2) is 9.58. The maximum atomic E-state index is 13.8. The quantitative estimate of drug-likeness (QED) is 0.267. The Hall–Kier alpha value is -2.76. The van der Waals surface area contributed by atoms with Crippen molar-refractivity contribution in [2.24, 2.45) is 0 Å². The fraction of sp³-hybridized carbons (Fsp3) is 0.348. The molecular weight excluding hydrogens is 430 g/mol. The number of methoxy groups -OCH3 is 1. The highest BCUT2D eigenvalue weighted by molar-refractivity contribution is 7.99. The number of nitrogens with zero attached hydrogens (tertiary/aromatic N) is 2. The Labute approximate surface area is 189 Å². The maximum Gasteiger partial charge on any atom is 0.267 e. The zero-order valence-electron chi connectivity index (χ0n) is 17.3. The summed E-state index contributed by atoms with van der Waals surface area (Å²) in [6.45, 7) is 0.173. The van der Waals surface area contributed by atoms with E-state index in [4.69, 9.17) is 16.1 Å². The first-order valence-electron chi connectivity index (χ1n) is 10.2. The van der Waals surface area contributed by atoms with E-state index in [2.05, 4.69) is 11.2 Å². The van der Waals surface area contributed by atoms with Crippen LogP contribution in [0.15, 0.2) is 34.2 Å². The largest absolute Gasteiger partial charge is 0.497 e. The van der Waals surface area contributed by atoms with Crippen molar-refractivity contribution in [3.05, 3.63) is 45.1 Å². The van der Waals surface area contributed by atoms with Gasteiger partial charge in [0.2, 0.25) is 5.91 Å². The van der Waals surface area contributed by atoms with Crippen molar-refractivity contribution in [3.8, 4) is 23.8 Å². The summed E-state index contributed by atoms with van der Waals surface area (Å²) < 4.78 is 6.95. The lowest BCUT2D eigenvalue weighted by Gasteiger charge is -2.13. The van der Waals surface area contributed by atoms with Gasteiger partial charge in [0.25, 0.3) is 5.56 Å². The van der Waals surface area contributed by atoms with Gasteiger partial charge in [-0.15, -0.1) is 17.8 Å². The van der Waals surface area contributed by atoms with E-state index in [0.29, 0.717) is 22.0 Å². The molecule has 1 amide bonds. The van der Waals surface area contributed by atoms with Gasteiger partial charge in [-0.1, -0.05) is 30.2 Å². The van der Waals surface area contributed by atoms with E-state index in [0.717, 1.165) is 36.1 Å². The third-order valence-corrected chi connectivity index (χ3v) is 7.36. The number of ether oxygens (including phenoxy) is 1. The number of aryl methyl sites for hydroxylation is 2. The number of amides is 1. The minimum Gasteiger partial charge on any atom is -0.497 e. The third-order valence-electron chi connectivity index (χ3n) is 5.24. The van der Waals surface area contributed by atoms with Crippen molar-refractivity contribution in [2.45, 2.75) is 37.3 Å². The Morgan fingerprint density at radius 1 is 1.35 bits per heavy atom. The third kappa shape index (κ3) is 4.48. The van der Waals surface area contributed by atoms with E-state index in [1.54, 1.807) is 23.0 Å². The number of hydrogen-bond donors (Lipinski definition) is 1. The van der Waals surface area contributed by atoms with Gasteiger partial charge < -0.3 is 10.1 Å². The number of terminal acetylenes is 1. The van der Waals surface area contributed by atoms with Crippen molar-refractivity contribution in [2.75, 3.05) is 19.4 Å². The molecule has 1 aromatic carbocycles. The van der Waals surface area contributed by atoms with Gasteiger partial charge in [0.15, 0.2) is 5.16 Å². The minimum absolute atomic E-state index is 0.0933. The lowest BCUT2D eigenvalue weighted by molar-refractivity contribution is -0.118. The van der Waals surface area contributed by atoms with Crippen LogP contribution >= 0.6 is 23.1 Å². The SMILES string of the molecule is C#CCNC(=O)CSc1nc2sc3c(c2c(=O)n1-c1cccc(OC)c1)CCCCC3. The average Bonchev–Trinajstić information content (AvgIpc) is 2.97. The first kappa shape index (κ1) is 21.5. The van der Waals surface area contributed by atoms with Crippen LogP contribution in [0.25, 0.3) is 15.9 Å². The number of carbonyl (C=O) groups is 1. The normalized spacial score (nSPS) is 13.3. The van der Waals surface area contributed by atoms with E-state index in [1.807, 2.05) is 24.3 Å². The Kier molecular flexibility index (Phi) is 6.64. The number of thiophene rings is 1. The van der Waals surface area contributed by atoms with Gasteiger partial charge in [-0.05, 0) is 43.4 Å². The lowest BCUT2D eigenvalue weighted by Crippen LogP contribution is -2.26.